The number of hydrogen-bond acceptors (Lipinski definition) is 3. The molecule has 64 valence electrons. The fourth-order valence-corrected chi connectivity index (χ4v) is 0.719. The van der Waals surface area contributed by atoms with E-state index in [1.165, 1.54) is 6.92 Å². The number of carbonyl (C=O) groups excluding carboxylic acids is 1. The van der Waals surface area contributed by atoms with Gasteiger partial charge in [-0.1, -0.05) is 6.08 Å². The van der Waals surface area contributed by atoms with E-state index in [2.05, 4.69) is 4.74 Å². The first-order valence-corrected chi connectivity index (χ1v) is 3.61. The van der Waals surface area contributed by atoms with E-state index < -0.39 is 0 Å². The van der Waals surface area contributed by atoms with E-state index in [0.717, 1.165) is 5.56 Å². The molecule has 0 saturated carbocycles. The second kappa shape index (κ2) is 4.38. The van der Waals surface area contributed by atoms with Crippen LogP contribution in [0, 0.1) is 0 Å². The van der Waals surface area contributed by atoms with Crippen molar-refractivity contribution in [1.82, 2.24) is 0 Å². The zero-order chi connectivity index (χ0) is 8.81. The normalized spacial score (nSPS) is 10.4. The highest BCUT2D eigenvalue weighted by molar-refractivity contribution is 5.66. The first-order chi connectivity index (χ1) is 5.79. The van der Waals surface area contributed by atoms with Gasteiger partial charge in [0.05, 0.1) is 12.5 Å². The summed E-state index contributed by atoms with van der Waals surface area (Å²) in [6.07, 6.45) is 6.79. The SMILES string of the molecule is CC(=O)OCC=Cc1ccoc1. The minimum atomic E-state index is -0.271. The maximum absolute atomic E-state index is 10.3. The van der Waals surface area contributed by atoms with E-state index in [4.69, 9.17) is 4.42 Å². The van der Waals surface area contributed by atoms with Gasteiger partial charge in [-0.25, -0.2) is 0 Å². The van der Waals surface area contributed by atoms with Crippen LogP contribution in [0.4, 0.5) is 0 Å². The molecule has 0 aromatic carbocycles. The van der Waals surface area contributed by atoms with E-state index in [1.807, 2.05) is 12.1 Å². The molecule has 0 unspecified atom stereocenters. The molecule has 12 heavy (non-hydrogen) atoms. The largest absolute Gasteiger partial charge is 0.472 e. The molecule has 1 aromatic rings. The summed E-state index contributed by atoms with van der Waals surface area (Å²) in [5.41, 5.74) is 0.960. The Morgan fingerprint density at radius 1 is 1.75 bits per heavy atom. The topological polar surface area (TPSA) is 39.4 Å². The van der Waals surface area contributed by atoms with Crippen LogP contribution in [0.15, 0.2) is 29.1 Å². The van der Waals surface area contributed by atoms with Crippen molar-refractivity contribution >= 4 is 12.0 Å². The lowest BCUT2D eigenvalue weighted by molar-refractivity contribution is -0.139. The standard InChI is InChI=1S/C9H10O3/c1-8(10)12-5-2-3-9-4-6-11-7-9/h2-4,6-7H,5H2,1H3. The summed E-state index contributed by atoms with van der Waals surface area (Å²) >= 11 is 0. The molecule has 0 amide bonds. The summed E-state index contributed by atoms with van der Waals surface area (Å²) < 4.78 is 9.52. The molecule has 1 heterocycles. The van der Waals surface area contributed by atoms with E-state index in [1.54, 1.807) is 18.6 Å². The fourth-order valence-electron chi connectivity index (χ4n) is 0.719. The fraction of sp³-hybridized carbons (Fsp3) is 0.222. The minimum Gasteiger partial charge on any atom is -0.472 e. The highest BCUT2D eigenvalue weighted by Crippen LogP contribution is 2.01. The third kappa shape index (κ3) is 3.05. The predicted molar refractivity (Wildman–Crippen MR) is 44.4 cm³/mol. The number of rotatable bonds is 3. The van der Waals surface area contributed by atoms with Crippen LogP contribution >= 0.6 is 0 Å². The van der Waals surface area contributed by atoms with Gasteiger partial charge in [0.25, 0.3) is 0 Å². The van der Waals surface area contributed by atoms with Gasteiger partial charge in [0.2, 0.25) is 0 Å². The molecule has 0 radical (unpaired) electrons. The molecule has 0 N–H and O–H groups in total. The van der Waals surface area contributed by atoms with Crippen molar-refractivity contribution in [3.8, 4) is 0 Å². The molecular weight excluding hydrogens is 156 g/mol. The molecular formula is C9H10O3. The second-order valence-electron chi connectivity index (χ2n) is 2.26. The summed E-state index contributed by atoms with van der Waals surface area (Å²) in [4.78, 5) is 10.3. The Kier molecular flexibility index (Phi) is 3.14. The molecule has 3 nitrogen and oxygen atoms in total. The summed E-state index contributed by atoms with van der Waals surface area (Å²) in [5, 5.41) is 0. The van der Waals surface area contributed by atoms with Crippen LogP contribution in [0.3, 0.4) is 0 Å². The average Bonchev–Trinajstić information content (AvgIpc) is 2.49. The van der Waals surface area contributed by atoms with Crippen molar-refractivity contribution in [1.29, 1.82) is 0 Å². The molecule has 0 bridgehead atoms. The lowest BCUT2D eigenvalue weighted by Gasteiger charge is -1.93. The van der Waals surface area contributed by atoms with Gasteiger partial charge in [-0.2, -0.15) is 0 Å². The highest BCUT2D eigenvalue weighted by atomic mass is 16.5. The van der Waals surface area contributed by atoms with Gasteiger partial charge < -0.3 is 9.15 Å². The number of furan rings is 1. The Bertz CT molecular complexity index is 259. The van der Waals surface area contributed by atoms with Crippen LogP contribution in [0.1, 0.15) is 12.5 Å². The monoisotopic (exact) mass is 166 g/mol. The molecule has 1 rings (SSSR count). The van der Waals surface area contributed by atoms with Gasteiger partial charge in [-0.15, -0.1) is 0 Å². The van der Waals surface area contributed by atoms with Crippen molar-refractivity contribution in [3.63, 3.8) is 0 Å². The van der Waals surface area contributed by atoms with Gasteiger partial charge in [0, 0.05) is 12.5 Å². The molecule has 0 fully saturated rings. The molecule has 0 saturated heterocycles. The summed E-state index contributed by atoms with van der Waals surface area (Å²) in [6, 6.07) is 1.82. The maximum atomic E-state index is 10.3. The van der Waals surface area contributed by atoms with Crippen molar-refractivity contribution < 1.29 is 13.9 Å². The van der Waals surface area contributed by atoms with Crippen LogP contribution in [0.2, 0.25) is 0 Å². The summed E-state index contributed by atoms with van der Waals surface area (Å²) in [7, 11) is 0. The van der Waals surface area contributed by atoms with Crippen molar-refractivity contribution in [2.24, 2.45) is 0 Å². The molecule has 0 aliphatic heterocycles. The quantitative estimate of drug-likeness (QED) is 0.643. The van der Waals surface area contributed by atoms with Crippen LogP contribution in [-0.2, 0) is 9.53 Å². The lowest BCUT2D eigenvalue weighted by Crippen LogP contribution is -1.96. The van der Waals surface area contributed by atoms with Crippen molar-refractivity contribution in [2.45, 2.75) is 6.92 Å². The van der Waals surface area contributed by atoms with Gasteiger partial charge in [0.1, 0.15) is 6.61 Å². The second-order valence-corrected chi connectivity index (χ2v) is 2.26. The third-order valence-corrected chi connectivity index (χ3v) is 1.24. The van der Waals surface area contributed by atoms with Crippen molar-refractivity contribution in [3.05, 3.63) is 30.2 Å². The number of hydrogen-bond donors (Lipinski definition) is 0. The Labute approximate surface area is 70.6 Å². The van der Waals surface area contributed by atoms with E-state index >= 15 is 0 Å². The number of carbonyl (C=O) groups is 1. The molecule has 1 aromatic heterocycles. The average molecular weight is 166 g/mol. The molecule has 3 heteroatoms. The van der Waals surface area contributed by atoms with Crippen LogP contribution in [0.5, 0.6) is 0 Å². The lowest BCUT2D eigenvalue weighted by atomic mass is 10.3. The molecule has 0 spiro atoms. The van der Waals surface area contributed by atoms with Gasteiger partial charge >= 0.3 is 5.97 Å². The van der Waals surface area contributed by atoms with Crippen molar-refractivity contribution in [2.75, 3.05) is 6.61 Å². The smallest absolute Gasteiger partial charge is 0.302 e. The molecule has 0 atom stereocenters. The van der Waals surface area contributed by atoms with Crippen LogP contribution < -0.4 is 0 Å². The Hall–Kier alpha value is -1.51. The number of ether oxygens (including phenoxy) is 1. The predicted octanol–water partition coefficient (Wildman–Crippen LogP) is 1.86. The molecule has 0 aliphatic carbocycles. The van der Waals surface area contributed by atoms with E-state index in [9.17, 15) is 4.79 Å². The Morgan fingerprint density at radius 3 is 3.17 bits per heavy atom. The Balaban J connectivity index is 2.27. The Morgan fingerprint density at radius 2 is 2.58 bits per heavy atom. The van der Waals surface area contributed by atoms with Gasteiger partial charge in [-0.3, -0.25) is 4.79 Å². The first-order valence-electron chi connectivity index (χ1n) is 3.61. The zero-order valence-corrected chi connectivity index (χ0v) is 6.82. The minimum absolute atomic E-state index is 0.271. The van der Waals surface area contributed by atoms with Gasteiger partial charge in [0.15, 0.2) is 0 Å². The highest BCUT2D eigenvalue weighted by Gasteiger charge is 1.88. The third-order valence-electron chi connectivity index (χ3n) is 1.24. The van der Waals surface area contributed by atoms with E-state index in [-0.39, 0.29) is 5.97 Å². The number of esters is 1. The first kappa shape index (κ1) is 8.59. The van der Waals surface area contributed by atoms with Crippen LogP contribution in [-0.4, -0.2) is 12.6 Å². The van der Waals surface area contributed by atoms with Crippen LogP contribution in [0.25, 0.3) is 6.08 Å². The van der Waals surface area contributed by atoms with Gasteiger partial charge in [-0.05, 0) is 12.1 Å². The summed E-state index contributed by atoms with van der Waals surface area (Å²) in [6.45, 7) is 1.69. The van der Waals surface area contributed by atoms with E-state index in [0.29, 0.717) is 6.61 Å². The molecule has 0 aliphatic rings. The zero-order valence-electron chi connectivity index (χ0n) is 6.82. The summed E-state index contributed by atoms with van der Waals surface area (Å²) in [5.74, 6) is -0.271. The maximum Gasteiger partial charge on any atom is 0.302 e.